The van der Waals surface area contributed by atoms with Gasteiger partial charge in [-0.3, -0.25) is 9.52 Å². The molecule has 0 aliphatic heterocycles. The maximum absolute atomic E-state index is 11.6. The molecule has 0 unspecified atom stereocenters. The maximum Gasteiger partial charge on any atom is 0.257 e. The van der Waals surface area contributed by atoms with Crippen LogP contribution < -0.4 is 4.72 Å². The van der Waals surface area contributed by atoms with E-state index in [0.29, 0.717) is 4.90 Å². The molecule has 0 aromatic heterocycles. The predicted molar refractivity (Wildman–Crippen MR) is 57.6 cm³/mol. The molecule has 0 radical (unpaired) electrons. The Hall–Kier alpha value is -1.20. The van der Waals surface area contributed by atoms with Gasteiger partial charge in [0, 0.05) is 7.11 Å². The lowest BCUT2D eigenvalue weighted by molar-refractivity contribution is -0.122. The third-order valence-corrected chi connectivity index (χ3v) is 2.83. The number of carbonyl (C=O) groups is 1. The Bertz CT molecular complexity index is 361. The van der Waals surface area contributed by atoms with E-state index in [1.165, 1.54) is 7.11 Å². The zero-order chi connectivity index (χ0) is 11.3. The van der Waals surface area contributed by atoms with E-state index in [-0.39, 0.29) is 6.61 Å². The van der Waals surface area contributed by atoms with Crippen LogP contribution in [0.15, 0.2) is 29.2 Å². The van der Waals surface area contributed by atoms with Gasteiger partial charge in [-0.05, 0) is 19.1 Å². The van der Waals surface area contributed by atoms with E-state index >= 15 is 0 Å². The van der Waals surface area contributed by atoms with Crippen molar-refractivity contribution in [1.82, 2.24) is 4.72 Å². The van der Waals surface area contributed by atoms with Crippen molar-refractivity contribution in [3.05, 3.63) is 29.8 Å². The number of nitrogens with one attached hydrogen (secondary N) is 1. The van der Waals surface area contributed by atoms with Gasteiger partial charge < -0.3 is 4.74 Å². The number of amides is 1. The van der Waals surface area contributed by atoms with Crippen LogP contribution in [0.1, 0.15) is 5.56 Å². The smallest absolute Gasteiger partial charge is 0.257 e. The van der Waals surface area contributed by atoms with Crippen molar-refractivity contribution in [2.75, 3.05) is 13.7 Å². The van der Waals surface area contributed by atoms with E-state index in [4.69, 9.17) is 0 Å². The van der Waals surface area contributed by atoms with Gasteiger partial charge in [0.15, 0.2) is 11.0 Å². The molecule has 0 aliphatic carbocycles. The summed E-state index contributed by atoms with van der Waals surface area (Å²) in [5.74, 6) is -0.392. The topological polar surface area (TPSA) is 55.4 Å². The highest BCUT2D eigenvalue weighted by molar-refractivity contribution is 7.83. The number of ether oxygens (including phenoxy) is 1. The van der Waals surface area contributed by atoms with Crippen molar-refractivity contribution >= 4 is 16.9 Å². The molecule has 1 N–H and O–H groups in total. The molecule has 1 aromatic rings. The van der Waals surface area contributed by atoms with Gasteiger partial charge in [0.1, 0.15) is 6.61 Å². The molecule has 0 spiro atoms. The van der Waals surface area contributed by atoms with Crippen LogP contribution in [0.25, 0.3) is 0 Å². The summed E-state index contributed by atoms with van der Waals surface area (Å²) >= 11 is 0. The molecule has 0 saturated heterocycles. The number of benzene rings is 1. The first-order valence-corrected chi connectivity index (χ1v) is 5.55. The minimum absolute atomic E-state index is 0.0857. The third-order valence-electron chi connectivity index (χ3n) is 1.72. The van der Waals surface area contributed by atoms with Gasteiger partial charge in [-0.25, -0.2) is 4.21 Å². The van der Waals surface area contributed by atoms with Crippen LogP contribution in [0.4, 0.5) is 0 Å². The van der Waals surface area contributed by atoms with Gasteiger partial charge in [-0.1, -0.05) is 17.7 Å². The number of hydrogen-bond donors (Lipinski definition) is 1. The highest BCUT2D eigenvalue weighted by atomic mass is 32.2. The SMILES string of the molecule is COCC(=O)N[S@@](=O)c1ccc(C)cc1. The van der Waals surface area contributed by atoms with E-state index in [1.807, 2.05) is 19.1 Å². The quantitative estimate of drug-likeness (QED) is 0.827. The Balaban J connectivity index is 2.61. The molecule has 1 rings (SSSR count). The predicted octanol–water partition coefficient (Wildman–Crippen LogP) is 0.780. The summed E-state index contributed by atoms with van der Waals surface area (Å²) in [4.78, 5) is 11.6. The highest BCUT2D eigenvalue weighted by Gasteiger charge is 2.07. The van der Waals surface area contributed by atoms with Gasteiger partial charge in [0.05, 0.1) is 4.90 Å². The average molecular weight is 227 g/mol. The lowest BCUT2D eigenvalue weighted by Crippen LogP contribution is -2.28. The van der Waals surface area contributed by atoms with Crippen LogP contribution in [0, 0.1) is 6.92 Å². The highest BCUT2D eigenvalue weighted by Crippen LogP contribution is 2.06. The molecule has 15 heavy (non-hydrogen) atoms. The number of rotatable bonds is 4. The van der Waals surface area contributed by atoms with Crippen molar-refractivity contribution in [2.45, 2.75) is 11.8 Å². The molecular weight excluding hydrogens is 214 g/mol. The van der Waals surface area contributed by atoms with Gasteiger partial charge in [-0.15, -0.1) is 0 Å². The molecule has 1 atom stereocenters. The molecule has 0 heterocycles. The molecule has 1 aromatic carbocycles. The normalized spacial score (nSPS) is 12.1. The van der Waals surface area contributed by atoms with Crippen molar-refractivity contribution in [3.63, 3.8) is 0 Å². The summed E-state index contributed by atoms with van der Waals surface area (Å²) in [7, 11) is -0.0917. The summed E-state index contributed by atoms with van der Waals surface area (Å²) < 4.78 is 18.5. The van der Waals surface area contributed by atoms with Crippen molar-refractivity contribution in [2.24, 2.45) is 0 Å². The van der Waals surface area contributed by atoms with Gasteiger partial charge >= 0.3 is 0 Å². The third kappa shape index (κ3) is 3.81. The van der Waals surface area contributed by atoms with Crippen LogP contribution in [0.3, 0.4) is 0 Å². The van der Waals surface area contributed by atoms with Gasteiger partial charge in [-0.2, -0.15) is 0 Å². The maximum atomic E-state index is 11.6. The van der Waals surface area contributed by atoms with E-state index < -0.39 is 16.9 Å². The zero-order valence-electron chi connectivity index (χ0n) is 8.65. The fraction of sp³-hybridized carbons (Fsp3) is 0.300. The molecule has 0 aliphatic rings. The number of carbonyl (C=O) groups excluding carboxylic acids is 1. The molecule has 5 heteroatoms. The standard InChI is InChI=1S/C10H13NO3S/c1-8-3-5-9(6-4-8)15(13)11-10(12)7-14-2/h3-6H,7H2,1-2H3,(H,11,12)/t15-/m0/s1. The summed E-state index contributed by atoms with van der Waals surface area (Å²) in [5.41, 5.74) is 1.08. The Morgan fingerprint density at radius 3 is 2.53 bits per heavy atom. The van der Waals surface area contributed by atoms with Crippen LogP contribution in [-0.4, -0.2) is 23.8 Å². The van der Waals surface area contributed by atoms with Crippen LogP contribution >= 0.6 is 0 Å². The molecule has 0 fully saturated rings. The minimum atomic E-state index is -1.50. The molecule has 0 bridgehead atoms. The molecule has 82 valence electrons. The minimum Gasteiger partial charge on any atom is -0.375 e. The van der Waals surface area contributed by atoms with Crippen LogP contribution in [0.5, 0.6) is 0 Å². The molecule has 1 amide bonds. The van der Waals surface area contributed by atoms with E-state index in [0.717, 1.165) is 5.56 Å². The first-order valence-electron chi connectivity index (χ1n) is 4.40. The van der Waals surface area contributed by atoms with E-state index in [9.17, 15) is 9.00 Å². The Morgan fingerprint density at radius 1 is 1.40 bits per heavy atom. The zero-order valence-corrected chi connectivity index (χ0v) is 9.47. The fourth-order valence-corrected chi connectivity index (χ4v) is 1.75. The van der Waals surface area contributed by atoms with Crippen molar-refractivity contribution in [3.8, 4) is 0 Å². The summed E-state index contributed by atoms with van der Waals surface area (Å²) in [6.07, 6.45) is 0. The Labute approximate surface area is 91.2 Å². The number of hydrogen-bond acceptors (Lipinski definition) is 3. The fourth-order valence-electron chi connectivity index (χ4n) is 0.985. The lowest BCUT2D eigenvalue weighted by atomic mass is 10.2. The van der Waals surface area contributed by atoms with E-state index in [1.54, 1.807) is 12.1 Å². The van der Waals surface area contributed by atoms with Gasteiger partial charge in [0.2, 0.25) is 0 Å². The lowest BCUT2D eigenvalue weighted by Gasteiger charge is -2.04. The first kappa shape index (κ1) is 11.9. The second-order valence-corrected chi connectivity index (χ2v) is 4.25. The van der Waals surface area contributed by atoms with Crippen LogP contribution in [0.2, 0.25) is 0 Å². The van der Waals surface area contributed by atoms with Crippen molar-refractivity contribution < 1.29 is 13.7 Å². The largest absolute Gasteiger partial charge is 0.375 e. The summed E-state index contributed by atoms with van der Waals surface area (Å²) in [5, 5.41) is 0. The van der Waals surface area contributed by atoms with Gasteiger partial charge in [0.25, 0.3) is 5.91 Å². The second kappa shape index (κ2) is 5.63. The van der Waals surface area contributed by atoms with E-state index in [2.05, 4.69) is 9.46 Å². The van der Waals surface area contributed by atoms with Crippen molar-refractivity contribution in [1.29, 1.82) is 0 Å². The number of aryl methyl sites for hydroxylation is 1. The summed E-state index contributed by atoms with van der Waals surface area (Å²) in [6.45, 7) is 1.85. The monoisotopic (exact) mass is 227 g/mol. The molecular formula is C10H13NO3S. The molecule has 4 nitrogen and oxygen atoms in total. The Morgan fingerprint density at radius 2 is 2.00 bits per heavy atom. The summed E-state index contributed by atoms with van der Waals surface area (Å²) in [6, 6.07) is 7.13. The first-order chi connectivity index (χ1) is 7.13. The second-order valence-electron chi connectivity index (χ2n) is 3.04. The number of methoxy groups -OCH3 is 1. The van der Waals surface area contributed by atoms with Crippen LogP contribution in [-0.2, 0) is 20.5 Å². The molecule has 0 saturated carbocycles. The Kier molecular flexibility index (Phi) is 4.45. The average Bonchev–Trinajstić information content (AvgIpc) is 2.18.